The van der Waals surface area contributed by atoms with Crippen LogP contribution in [0.15, 0.2) is 24.3 Å². The normalized spacial score (nSPS) is 22.2. The predicted octanol–water partition coefficient (Wildman–Crippen LogP) is 2.65. The van der Waals surface area contributed by atoms with Gasteiger partial charge in [-0.25, -0.2) is 0 Å². The molecule has 0 spiro atoms. The number of aliphatic hydroxyl groups is 1. The summed E-state index contributed by atoms with van der Waals surface area (Å²) in [6, 6.07) is 7.97. The Morgan fingerprint density at radius 3 is 2.78 bits per heavy atom. The van der Waals surface area contributed by atoms with Crippen LogP contribution in [0, 0.1) is 0 Å². The smallest absolute Gasteiger partial charge is 0.119 e. The van der Waals surface area contributed by atoms with Crippen LogP contribution in [0.25, 0.3) is 0 Å². The van der Waals surface area contributed by atoms with Gasteiger partial charge >= 0.3 is 0 Å². The zero-order valence-electron chi connectivity index (χ0n) is 11.1. The van der Waals surface area contributed by atoms with Gasteiger partial charge in [0.1, 0.15) is 5.75 Å². The number of hydrogen-bond donors (Lipinski definition) is 2. The van der Waals surface area contributed by atoms with Gasteiger partial charge in [-0.15, -0.1) is 0 Å². The number of aliphatic hydroxyl groups excluding tert-OH is 1. The monoisotopic (exact) mass is 249 g/mol. The molecule has 2 unspecified atom stereocenters. The lowest BCUT2D eigenvalue weighted by atomic mass is 9.98. The maximum Gasteiger partial charge on any atom is 0.119 e. The first kappa shape index (κ1) is 13.4. The van der Waals surface area contributed by atoms with Crippen molar-refractivity contribution in [2.45, 2.75) is 44.8 Å². The lowest BCUT2D eigenvalue weighted by Crippen LogP contribution is -2.34. The number of benzene rings is 1. The van der Waals surface area contributed by atoms with Crippen LogP contribution in [-0.4, -0.2) is 24.3 Å². The number of ether oxygens (including phenoxy) is 1. The highest BCUT2D eigenvalue weighted by molar-refractivity contribution is 5.29. The largest absolute Gasteiger partial charge is 0.494 e. The minimum atomic E-state index is -0.418. The van der Waals surface area contributed by atoms with E-state index in [1.807, 2.05) is 31.2 Å². The third-order valence-electron chi connectivity index (χ3n) is 3.51. The van der Waals surface area contributed by atoms with E-state index >= 15 is 0 Å². The predicted molar refractivity (Wildman–Crippen MR) is 72.8 cm³/mol. The summed E-state index contributed by atoms with van der Waals surface area (Å²) in [5, 5.41) is 13.8. The van der Waals surface area contributed by atoms with Crippen molar-refractivity contribution in [3.05, 3.63) is 29.8 Å². The van der Waals surface area contributed by atoms with Gasteiger partial charge in [-0.2, -0.15) is 0 Å². The van der Waals surface area contributed by atoms with Crippen molar-refractivity contribution in [2.75, 3.05) is 13.2 Å². The molecule has 0 bridgehead atoms. The van der Waals surface area contributed by atoms with E-state index in [4.69, 9.17) is 4.74 Å². The van der Waals surface area contributed by atoms with Crippen LogP contribution in [0.2, 0.25) is 0 Å². The number of nitrogens with one attached hydrogen (secondary N) is 1. The standard InChI is InChI=1S/C15H23NO2/c1-2-18-13-9-7-12(8-10-13)15(17)14-6-4-3-5-11-16-14/h7-10,14-17H,2-6,11H2,1H3. The van der Waals surface area contributed by atoms with E-state index in [1.54, 1.807) is 0 Å². The Morgan fingerprint density at radius 1 is 1.28 bits per heavy atom. The molecule has 2 N–H and O–H groups in total. The Labute approximate surface area is 109 Å². The molecule has 0 aliphatic carbocycles. The lowest BCUT2D eigenvalue weighted by molar-refractivity contribution is 0.126. The summed E-state index contributed by atoms with van der Waals surface area (Å²) < 4.78 is 5.41. The number of hydrogen-bond acceptors (Lipinski definition) is 3. The second-order valence-electron chi connectivity index (χ2n) is 4.86. The molecular weight excluding hydrogens is 226 g/mol. The SMILES string of the molecule is CCOc1ccc(C(O)C2CCCCCN2)cc1. The summed E-state index contributed by atoms with van der Waals surface area (Å²) >= 11 is 0. The molecule has 0 radical (unpaired) electrons. The third-order valence-corrected chi connectivity index (χ3v) is 3.51. The average Bonchev–Trinajstić information content (AvgIpc) is 2.68. The molecule has 2 atom stereocenters. The van der Waals surface area contributed by atoms with Crippen LogP contribution in [0.4, 0.5) is 0 Å². The average molecular weight is 249 g/mol. The number of rotatable bonds is 4. The van der Waals surface area contributed by atoms with Crippen LogP contribution in [0.3, 0.4) is 0 Å². The molecule has 0 amide bonds. The topological polar surface area (TPSA) is 41.5 Å². The van der Waals surface area contributed by atoms with Gasteiger partial charge in [0.15, 0.2) is 0 Å². The summed E-state index contributed by atoms with van der Waals surface area (Å²) in [7, 11) is 0. The van der Waals surface area contributed by atoms with E-state index in [1.165, 1.54) is 19.3 Å². The van der Waals surface area contributed by atoms with Gasteiger partial charge in [0.25, 0.3) is 0 Å². The van der Waals surface area contributed by atoms with Crippen molar-refractivity contribution < 1.29 is 9.84 Å². The molecule has 1 aliphatic heterocycles. The lowest BCUT2D eigenvalue weighted by Gasteiger charge is -2.22. The van der Waals surface area contributed by atoms with Crippen molar-refractivity contribution in [1.82, 2.24) is 5.32 Å². The Hall–Kier alpha value is -1.06. The summed E-state index contributed by atoms with van der Waals surface area (Å²) in [5.41, 5.74) is 0.970. The summed E-state index contributed by atoms with van der Waals surface area (Å²) in [6.07, 6.45) is 4.31. The quantitative estimate of drug-likeness (QED) is 0.862. The molecule has 1 heterocycles. The van der Waals surface area contributed by atoms with Gasteiger partial charge in [-0.3, -0.25) is 0 Å². The van der Waals surface area contributed by atoms with Crippen molar-refractivity contribution in [3.63, 3.8) is 0 Å². The van der Waals surface area contributed by atoms with Crippen molar-refractivity contribution >= 4 is 0 Å². The summed E-state index contributed by atoms with van der Waals surface area (Å²) in [5.74, 6) is 0.863. The fraction of sp³-hybridized carbons (Fsp3) is 0.600. The van der Waals surface area contributed by atoms with Gasteiger partial charge in [-0.05, 0) is 44.0 Å². The van der Waals surface area contributed by atoms with Crippen molar-refractivity contribution in [2.24, 2.45) is 0 Å². The maximum atomic E-state index is 10.4. The minimum Gasteiger partial charge on any atom is -0.494 e. The highest BCUT2D eigenvalue weighted by atomic mass is 16.5. The molecule has 1 fully saturated rings. The van der Waals surface area contributed by atoms with E-state index in [-0.39, 0.29) is 6.04 Å². The fourth-order valence-corrected chi connectivity index (χ4v) is 2.49. The van der Waals surface area contributed by atoms with E-state index in [2.05, 4.69) is 5.32 Å². The third kappa shape index (κ3) is 3.47. The van der Waals surface area contributed by atoms with Crippen LogP contribution in [0.5, 0.6) is 5.75 Å². The molecule has 1 saturated heterocycles. The molecular formula is C15H23NO2. The first-order valence-corrected chi connectivity index (χ1v) is 6.95. The molecule has 0 aromatic heterocycles. The minimum absolute atomic E-state index is 0.186. The van der Waals surface area contributed by atoms with Gasteiger partial charge in [-0.1, -0.05) is 25.0 Å². The van der Waals surface area contributed by atoms with Crippen molar-refractivity contribution in [1.29, 1.82) is 0 Å². The molecule has 2 rings (SSSR count). The molecule has 18 heavy (non-hydrogen) atoms. The zero-order chi connectivity index (χ0) is 12.8. The molecule has 1 aliphatic rings. The van der Waals surface area contributed by atoms with Crippen molar-refractivity contribution in [3.8, 4) is 5.75 Å². The molecule has 100 valence electrons. The summed E-state index contributed by atoms with van der Waals surface area (Å²) in [6.45, 7) is 3.66. The van der Waals surface area contributed by atoms with Crippen LogP contribution < -0.4 is 10.1 Å². The fourth-order valence-electron chi connectivity index (χ4n) is 2.49. The van der Waals surface area contributed by atoms with Gasteiger partial charge in [0.2, 0.25) is 0 Å². The molecule has 1 aromatic rings. The molecule has 0 saturated carbocycles. The zero-order valence-corrected chi connectivity index (χ0v) is 11.1. The molecule has 3 heteroatoms. The second-order valence-corrected chi connectivity index (χ2v) is 4.86. The first-order valence-electron chi connectivity index (χ1n) is 6.95. The van der Waals surface area contributed by atoms with Gasteiger partial charge in [0, 0.05) is 6.04 Å². The maximum absolute atomic E-state index is 10.4. The highest BCUT2D eigenvalue weighted by Gasteiger charge is 2.21. The van der Waals surface area contributed by atoms with E-state index in [9.17, 15) is 5.11 Å². The first-order chi connectivity index (χ1) is 8.81. The molecule has 3 nitrogen and oxygen atoms in total. The Morgan fingerprint density at radius 2 is 2.06 bits per heavy atom. The second kappa shape index (κ2) is 6.76. The van der Waals surface area contributed by atoms with Crippen LogP contribution in [0.1, 0.15) is 44.3 Å². The van der Waals surface area contributed by atoms with Crippen LogP contribution >= 0.6 is 0 Å². The van der Waals surface area contributed by atoms with Gasteiger partial charge in [0.05, 0.1) is 12.7 Å². The Bertz CT molecular complexity index is 342. The van der Waals surface area contributed by atoms with Crippen LogP contribution in [-0.2, 0) is 0 Å². The molecule has 1 aromatic carbocycles. The van der Waals surface area contributed by atoms with Gasteiger partial charge < -0.3 is 15.2 Å². The Balaban J connectivity index is 2.00. The summed E-state index contributed by atoms with van der Waals surface area (Å²) in [4.78, 5) is 0. The highest BCUT2D eigenvalue weighted by Crippen LogP contribution is 2.24. The van der Waals surface area contributed by atoms with E-state index in [0.29, 0.717) is 6.61 Å². The van der Waals surface area contributed by atoms with E-state index < -0.39 is 6.10 Å². The Kier molecular flexibility index (Phi) is 5.02. The van der Waals surface area contributed by atoms with E-state index in [0.717, 1.165) is 24.3 Å².